The van der Waals surface area contributed by atoms with Gasteiger partial charge < -0.3 is 15.0 Å². The van der Waals surface area contributed by atoms with E-state index in [1.165, 1.54) is 6.20 Å². The van der Waals surface area contributed by atoms with E-state index >= 15 is 0 Å². The molecule has 4 aromatic rings. The minimum absolute atomic E-state index is 0.258. The maximum atomic E-state index is 12.5. The highest BCUT2D eigenvalue weighted by Crippen LogP contribution is 2.21. The van der Waals surface area contributed by atoms with E-state index in [9.17, 15) is 9.59 Å². The van der Waals surface area contributed by atoms with Crippen LogP contribution in [-0.4, -0.2) is 26.6 Å². The van der Waals surface area contributed by atoms with Crippen molar-refractivity contribution in [3.8, 4) is 5.75 Å². The molecular weight excluding hydrogens is 344 g/mol. The third-order valence-electron chi connectivity index (χ3n) is 4.10. The average Bonchev–Trinajstić information content (AvgIpc) is 3.31. The van der Waals surface area contributed by atoms with Gasteiger partial charge in [0.15, 0.2) is 0 Å². The number of nitrogens with one attached hydrogen (secondary N) is 2. The average molecular weight is 360 g/mol. The zero-order valence-electron chi connectivity index (χ0n) is 14.5. The van der Waals surface area contributed by atoms with Gasteiger partial charge in [0.25, 0.3) is 5.91 Å². The number of anilines is 1. The summed E-state index contributed by atoms with van der Waals surface area (Å²) in [4.78, 5) is 27.6. The smallest absolute Gasteiger partial charge is 0.345 e. The Hall–Kier alpha value is -3.87. The lowest BCUT2D eigenvalue weighted by atomic mass is 10.1. The minimum atomic E-state index is -0.449. The zero-order chi connectivity index (χ0) is 18.8. The molecule has 4 rings (SSSR count). The minimum Gasteiger partial charge on any atom is -0.423 e. The number of ether oxygens (including phenoxy) is 1. The molecule has 0 unspecified atom stereocenters. The molecule has 2 N–H and O–H groups in total. The van der Waals surface area contributed by atoms with E-state index in [0.717, 1.165) is 10.9 Å². The summed E-state index contributed by atoms with van der Waals surface area (Å²) in [5, 5.41) is 7.68. The molecule has 1 amide bonds. The van der Waals surface area contributed by atoms with E-state index in [4.69, 9.17) is 4.74 Å². The fourth-order valence-electron chi connectivity index (χ4n) is 2.77. The third-order valence-corrected chi connectivity index (χ3v) is 4.10. The molecular formula is C20H16N4O3. The molecule has 0 radical (unpaired) electrons. The molecule has 0 atom stereocenters. The van der Waals surface area contributed by atoms with Crippen molar-refractivity contribution in [3.05, 3.63) is 78.2 Å². The van der Waals surface area contributed by atoms with E-state index in [-0.39, 0.29) is 5.91 Å². The first-order valence-electron chi connectivity index (χ1n) is 8.28. The lowest BCUT2D eigenvalue weighted by molar-refractivity contribution is 0.0736. The lowest BCUT2D eigenvalue weighted by Crippen LogP contribution is -2.11. The molecule has 0 fully saturated rings. The number of amides is 1. The molecule has 7 nitrogen and oxygen atoms in total. The van der Waals surface area contributed by atoms with Crippen LogP contribution >= 0.6 is 0 Å². The van der Waals surface area contributed by atoms with Gasteiger partial charge in [0.1, 0.15) is 5.75 Å². The van der Waals surface area contributed by atoms with Crippen LogP contribution < -0.4 is 10.1 Å². The Morgan fingerprint density at radius 3 is 2.67 bits per heavy atom. The fourth-order valence-corrected chi connectivity index (χ4v) is 2.77. The summed E-state index contributed by atoms with van der Waals surface area (Å²) < 4.78 is 7.00. The molecule has 2 aromatic carbocycles. The number of hydrogen-bond acceptors (Lipinski definition) is 4. The molecule has 2 aromatic heterocycles. The SMILES string of the molecule is Cn1cc(C(=O)Nc2ccc(OC(=O)c3cccc4cc[nH]c34)cc2)cn1. The van der Waals surface area contributed by atoms with Crippen molar-refractivity contribution in [2.24, 2.45) is 7.05 Å². The van der Waals surface area contributed by atoms with Crippen molar-refractivity contribution >= 4 is 28.5 Å². The number of H-pyrrole nitrogens is 1. The summed E-state index contributed by atoms with van der Waals surface area (Å²) >= 11 is 0. The number of aromatic nitrogens is 3. The highest BCUT2D eigenvalue weighted by atomic mass is 16.5. The number of esters is 1. The predicted molar refractivity (Wildman–Crippen MR) is 101 cm³/mol. The first kappa shape index (κ1) is 16.6. The molecule has 0 aliphatic heterocycles. The van der Waals surface area contributed by atoms with Crippen molar-refractivity contribution in [3.63, 3.8) is 0 Å². The van der Waals surface area contributed by atoms with Gasteiger partial charge in [-0.3, -0.25) is 9.48 Å². The number of carbonyl (C=O) groups excluding carboxylic acids is 2. The van der Waals surface area contributed by atoms with Gasteiger partial charge in [-0.2, -0.15) is 5.10 Å². The number of benzene rings is 2. The molecule has 134 valence electrons. The molecule has 0 aliphatic carbocycles. The summed E-state index contributed by atoms with van der Waals surface area (Å²) in [6.45, 7) is 0. The molecule has 0 saturated heterocycles. The van der Waals surface area contributed by atoms with Gasteiger partial charge in [-0.25, -0.2) is 4.79 Å². The van der Waals surface area contributed by atoms with Crippen LogP contribution in [0.5, 0.6) is 5.75 Å². The van der Waals surface area contributed by atoms with Crippen molar-refractivity contribution in [2.45, 2.75) is 0 Å². The number of fused-ring (bicyclic) bond motifs is 1. The fraction of sp³-hybridized carbons (Fsp3) is 0.0500. The zero-order valence-corrected chi connectivity index (χ0v) is 14.5. The molecule has 2 heterocycles. The number of hydrogen-bond donors (Lipinski definition) is 2. The van der Waals surface area contributed by atoms with Gasteiger partial charge >= 0.3 is 5.97 Å². The normalized spacial score (nSPS) is 10.7. The van der Waals surface area contributed by atoms with Crippen LogP contribution in [0.4, 0.5) is 5.69 Å². The third kappa shape index (κ3) is 3.43. The summed E-state index contributed by atoms with van der Waals surface area (Å²) in [6.07, 6.45) is 4.90. The number of nitrogens with zero attached hydrogens (tertiary/aromatic N) is 2. The van der Waals surface area contributed by atoms with Crippen LogP contribution in [0.1, 0.15) is 20.7 Å². The summed E-state index contributed by atoms with van der Waals surface area (Å²) in [6, 6.07) is 13.9. The quantitative estimate of drug-likeness (QED) is 0.431. The summed E-state index contributed by atoms with van der Waals surface area (Å²) in [7, 11) is 1.74. The number of carbonyl (C=O) groups is 2. The van der Waals surface area contributed by atoms with Crippen LogP contribution in [0.25, 0.3) is 10.9 Å². The first-order chi connectivity index (χ1) is 13.1. The Morgan fingerprint density at radius 2 is 1.93 bits per heavy atom. The maximum absolute atomic E-state index is 12.5. The molecule has 7 heteroatoms. The molecule has 0 saturated carbocycles. The van der Waals surface area contributed by atoms with Crippen molar-refractivity contribution in [2.75, 3.05) is 5.32 Å². The summed E-state index contributed by atoms with van der Waals surface area (Å²) in [5.41, 5.74) is 2.26. The van der Waals surface area contributed by atoms with Crippen molar-refractivity contribution < 1.29 is 14.3 Å². The Labute approximate surface area is 154 Å². The Balaban J connectivity index is 1.45. The van der Waals surface area contributed by atoms with E-state index in [0.29, 0.717) is 22.6 Å². The first-order valence-corrected chi connectivity index (χ1v) is 8.28. The number of aromatic amines is 1. The molecule has 0 bridgehead atoms. The van der Waals surface area contributed by atoms with Gasteiger partial charge in [0.05, 0.1) is 22.8 Å². The second-order valence-corrected chi connectivity index (χ2v) is 6.02. The van der Waals surface area contributed by atoms with E-state index in [2.05, 4.69) is 15.4 Å². The summed E-state index contributed by atoms with van der Waals surface area (Å²) in [5.74, 6) is -0.315. The van der Waals surface area contributed by atoms with Crippen molar-refractivity contribution in [1.82, 2.24) is 14.8 Å². The van der Waals surface area contributed by atoms with Crippen LogP contribution in [0, 0.1) is 0 Å². The van der Waals surface area contributed by atoms with Gasteiger partial charge in [-0.15, -0.1) is 0 Å². The molecule has 27 heavy (non-hydrogen) atoms. The van der Waals surface area contributed by atoms with Gasteiger partial charge in [0.2, 0.25) is 0 Å². The Morgan fingerprint density at radius 1 is 1.11 bits per heavy atom. The van der Waals surface area contributed by atoms with Crippen LogP contribution in [0.2, 0.25) is 0 Å². The second kappa shape index (κ2) is 6.80. The van der Waals surface area contributed by atoms with E-state index in [1.54, 1.807) is 54.5 Å². The van der Waals surface area contributed by atoms with Crippen LogP contribution in [-0.2, 0) is 7.05 Å². The lowest BCUT2D eigenvalue weighted by Gasteiger charge is -2.07. The molecule has 0 spiro atoms. The van der Waals surface area contributed by atoms with Crippen LogP contribution in [0.3, 0.4) is 0 Å². The number of rotatable bonds is 4. The molecule has 0 aliphatic rings. The maximum Gasteiger partial charge on any atom is 0.345 e. The number of para-hydroxylation sites is 1. The van der Waals surface area contributed by atoms with Gasteiger partial charge in [-0.1, -0.05) is 12.1 Å². The van der Waals surface area contributed by atoms with Gasteiger partial charge in [-0.05, 0) is 36.4 Å². The Kier molecular flexibility index (Phi) is 4.18. The standard InChI is InChI=1S/C20H16N4O3/c1-24-12-14(11-22-24)19(25)23-15-5-7-16(8-6-15)27-20(26)17-4-2-3-13-9-10-21-18(13)17/h2-12,21H,1H3,(H,23,25). The highest BCUT2D eigenvalue weighted by molar-refractivity contribution is 6.04. The van der Waals surface area contributed by atoms with E-state index in [1.807, 2.05) is 18.2 Å². The largest absolute Gasteiger partial charge is 0.423 e. The van der Waals surface area contributed by atoms with Crippen molar-refractivity contribution in [1.29, 1.82) is 0 Å². The Bertz CT molecular complexity index is 1130. The highest BCUT2D eigenvalue weighted by Gasteiger charge is 2.13. The second-order valence-electron chi connectivity index (χ2n) is 6.02. The number of aryl methyl sites for hydroxylation is 1. The van der Waals surface area contributed by atoms with Gasteiger partial charge in [0, 0.05) is 30.5 Å². The van der Waals surface area contributed by atoms with Crippen LogP contribution in [0.15, 0.2) is 67.1 Å². The monoisotopic (exact) mass is 360 g/mol. The van der Waals surface area contributed by atoms with E-state index < -0.39 is 5.97 Å². The predicted octanol–water partition coefficient (Wildman–Crippen LogP) is 3.37. The topological polar surface area (TPSA) is 89.0 Å².